The van der Waals surface area contributed by atoms with E-state index in [0.717, 1.165) is 19.3 Å². The Morgan fingerprint density at radius 3 is 2.43 bits per heavy atom. The summed E-state index contributed by atoms with van der Waals surface area (Å²) in [5, 5.41) is 12.5. The van der Waals surface area contributed by atoms with Crippen LogP contribution in [0.2, 0.25) is 0 Å². The second-order valence-corrected chi connectivity index (χ2v) is 4.63. The van der Waals surface area contributed by atoms with Gasteiger partial charge in [-0.25, -0.2) is 0 Å². The molecule has 80 valence electrons. The van der Waals surface area contributed by atoms with Gasteiger partial charge in [-0.1, -0.05) is 19.3 Å². The number of aliphatic carboxylic acids is 1. The molecule has 2 rings (SSSR count). The minimum absolute atomic E-state index is 0.129. The van der Waals surface area contributed by atoms with Crippen molar-refractivity contribution >= 4 is 5.97 Å². The molecule has 0 aliphatic heterocycles. The summed E-state index contributed by atoms with van der Waals surface area (Å²) in [6.45, 7) is 0. The van der Waals surface area contributed by atoms with E-state index in [-0.39, 0.29) is 12.0 Å². The van der Waals surface area contributed by atoms with Gasteiger partial charge in [0.1, 0.15) is 0 Å². The molecule has 0 spiro atoms. The summed E-state index contributed by atoms with van der Waals surface area (Å²) in [6, 6.07) is 0.843. The van der Waals surface area contributed by atoms with Crippen molar-refractivity contribution in [1.29, 1.82) is 0 Å². The van der Waals surface area contributed by atoms with Gasteiger partial charge in [-0.05, 0) is 25.7 Å². The van der Waals surface area contributed by atoms with Crippen LogP contribution in [0.25, 0.3) is 0 Å². The first kappa shape index (κ1) is 9.97. The van der Waals surface area contributed by atoms with Gasteiger partial charge >= 0.3 is 5.97 Å². The fourth-order valence-electron chi connectivity index (χ4n) is 2.85. The minimum atomic E-state index is -0.613. The smallest absolute Gasteiger partial charge is 0.308 e. The topological polar surface area (TPSA) is 49.3 Å². The van der Waals surface area contributed by atoms with E-state index in [1.54, 1.807) is 0 Å². The molecular weight excluding hydrogens is 178 g/mol. The molecule has 2 aliphatic rings. The molecule has 2 saturated carbocycles. The van der Waals surface area contributed by atoms with Gasteiger partial charge in [-0.2, -0.15) is 0 Å². The molecule has 0 radical (unpaired) electrons. The standard InChI is InChI=1S/C11H19NO2/c13-11(14)9-6-3-7-10(9)12-8-4-1-2-5-8/h8-10,12H,1-7H2,(H,13,14). The van der Waals surface area contributed by atoms with Crippen LogP contribution in [0.4, 0.5) is 0 Å². The first-order chi connectivity index (χ1) is 6.77. The highest BCUT2D eigenvalue weighted by molar-refractivity contribution is 5.71. The molecule has 0 amide bonds. The summed E-state index contributed by atoms with van der Waals surface area (Å²) in [4.78, 5) is 10.9. The normalized spacial score (nSPS) is 33.7. The predicted octanol–water partition coefficient (Wildman–Crippen LogP) is 1.77. The maximum atomic E-state index is 10.9. The lowest BCUT2D eigenvalue weighted by Crippen LogP contribution is -2.41. The van der Waals surface area contributed by atoms with Crippen LogP contribution in [-0.2, 0) is 4.79 Å². The van der Waals surface area contributed by atoms with Gasteiger partial charge in [0, 0.05) is 12.1 Å². The average molecular weight is 197 g/mol. The highest BCUT2D eigenvalue weighted by atomic mass is 16.4. The predicted molar refractivity (Wildman–Crippen MR) is 54.2 cm³/mol. The first-order valence-electron chi connectivity index (χ1n) is 5.76. The van der Waals surface area contributed by atoms with E-state index in [4.69, 9.17) is 5.11 Å². The SMILES string of the molecule is O=C(O)C1CCCC1NC1CCCC1. The van der Waals surface area contributed by atoms with Crippen LogP contribution in [0.1, 0.15) is 44.9 Å². The van der Waals surface area contributed by atoms with Crippen LogP contribution >= 0.6 is 0 Å². The highest BCUT2D eigenvalue weighted by Gasteiger charge is 2.34. The van der Waals surface area contributed by atoms with E-state index in [1.807, 2.05) is 0 Å². The van der Waals surface area contributed by atoms with Crippen LogP contribution in [0, 0.1) is 5.92 Å². The number of hydrogen-bond donors (Lipinski definition) is 2. The molecule has 0 saturated heterocycles. The van der Waals surface area contributed by atoms with Gasteiger partial charge in [0.25, 0.3) is 0 Å². The summed E-state index contributed by atoms with van der Waals surface area (Å²) >= 11 is 0. The quantitative estimate of drug-likeness (QED) is 0.725. The minimum Gasteiger partial charge on any atom is -0.481 e. The Morgan fingerprint density at radius 1 is 1.07 bits per heavy atom. The van der Waals surface area contributed by atoms with Gasteiger partial charge in [-0.15, -0.1) is 0 Å². The zero-order valence-corrected chi connectivity index (χ0v) is 8.54. The molecule has 3 nitrogen and oxygen atoms in total. The van der Waals surface area contributed by atoms with Gasteiger partial charge in [0.15, 0.2) is 0 Å². The Hall–Kier alpha value is -0.570. The molecule has 0 aromatic carbocycles. The van der Waals surface area contributed by atoms with Gasteiger partial charge in [0.2, 0.25) is 0 Å². The number of hydrogen-bond acceptors (Lipinski definition) is 2. The molecule has 0 aromatic heterocycles. The zero-order chi connectivity index (χ0) is 9.97. The Kier molecular flexibility index (Phi) is 3.06. The third kappa shape index (κ3) is 2.08. The lowest BCUT2D eigenvalue weighted by Gasteiger charge is -2.22. The van der Waals surface area contributed by atoms with Gasteiger partial charge < -0.3 is 10.4 Å². The van der Waals surface area contributed by atoms with Gasteiger partial charge in [-0.3, -0.25) is 4.79 Å². The molecule has 3 heteroatoms. The number of carbonyl (C=O) groups is 1. The van der Waals surface area contributed by atoms with Gasteiger partial charge in [0.05, 0.1) is 5.92 Å². The van der Waals surface area contributed by atoms with Crippen molar-refractivity contribution in [3.05, 3.63) is 0 Å². The molecule has 2 N–H and O–H groups in total. The molecule has 2 fully saturated rings. The third-order valence-corrected chi connectivity index (χ3v) is 3.64. The van der Waals surface area contributed by atoms with Crippen LogP contribution in [0.15, 0.2) is 0 Å². The molecule has 2 unspecified atom stereocenters. The van der Waals surface area contributed by atoms with E-state index in [2.05, 4.69) is 5.32 Å². The Morgan fingerprint density at radius 2 is 1.79 bits per heavy atom. The number of carboxylic acid groups (broad SMARTS) is 1. The molecule has 14 heavy (non-hydrogen) atoms. The van der Waals surface area contributed by atoms with E-state index >= 15 is 0 Å². The van der Waals surface area contributed by atoms with Crippen LogP contribution in [0.5, 0.6) is 0 Å². The van der Waals surface area contributed by atoms with Crippen molar-refractivity contribution in [2.24, 2.45) is 5.92 Å². The van der Waals surface area contributed by atoms with Crippen molar-refractivity contribution in [3.8, 4) is 0 Å². The summed E-state index contributed by atoms with van der Waals surface area (Å²) in [7, 11) is 0. The average Bonchev–Trinajstić information content (AvgIpc) is 2.75. The summed E-state index contributed by atoms with van der Waals surface area (Å²) in [5.41, 5.74) is 0. The Bertz CT molecular complexity index is 211. The number of carboxylic acids is 1. The highest BCUT2D eigenvalue weighted by Crippen LogP contribution is 2.28. The van der Waals surface area contributed by atoms with Crippen molar-refractivity contribution in [3.63, 3.8) is 0 Å². The zero-order valence-electron chi connectivity index (χ0n) is 8.54. The lowest BCUT2D eigenvalue weighted by molar-refractivity contribution is -0.142. The van der Waals surface area contributed by atoms with Crippen LogP contribution in [0.3, 0.4) is 0 Å². The number of nitrogens with one attached hydrogen (secondary N) is 1. The summed E-state index contributed by atoms with van der Waals surface area (Å²) < 4.78 is 0. The first-order valence-corrected chi connectivity index (χ1v) is 5.76. The van der Waals surface area contributed by atoms with Crippen LogP contribution in [-0.4, -0.2) is 23.2 Å². The maximum absolute atomic E-state index is 10.9. The summed E-state index contributed by atoms with van der Waals surface area (Å²) in [6.07, 6.45) is 8.07. The van der Waals surface area contributed by atoms with Crippen molar-refractivity contribution in [1.82, 2.24) is 5.32 Å². The van der Waals surface area contributed by atoms with Crippen LogP contribution < -0.4 is 5.32 Å². The third-order valence-electron chi connectivity index (χ3n) is 3.64. The second kappa shape index (κ2) is 4.30. The monoisotopic (exact) mass is 197 g/mol. The van der Waals surface area contributed by atoms with Crippen molar-refractivity contribution in [2.45, 2.75) is 57.0 Å². The largest absolute Gasteiger partial charge is 0.481 e. The van der Waals surface area contributed by atoms with E-state index in [1.165, 1.54) is 25.7 Å². The fourth-order valence-corrected chi connectivity index (χ4v) is 2.85. The maximum Gasteiger partial charge on any atom is 0.308 e. The molecule has 2 atom stereocenters. The molecule has 2 aliphatic carbocycles. The number of rotatable bonds is 3. The summed E-state index contributed by atoms with van der Waals surface area (Å²) in [5.74, 6) is -0.742. The Balaban J connectivity index is 1.86. The van der Waals surface area contributed by atoms with E-state index < -0.39 is 5.97 Å². The lowest BCUT2D eigenvalue weighted by atomic mass is 10.0. The van der Waals surface area contributed by atoms with E-state index in [0.29, 0.717) is 6.04 Å². The van der Waals surface area contributed by atoms with Crippen molar-refractivity contribution in [2.75, 3.05) is 0 Å². The van der Waals surface area contributed by atoms with Crippen molar-refractivity contribution < 1.29 is 9.90 Å². The second-order valence-electron chi connectivity index (χ2n) is 4.63. The molecule has 0 bridgehead atoms. The van der Waals surface area contributed by atoms with E-state index in [9.17, 15) is 4.79 Å². The molecular formula is C11H19NO2. The Labute approximate surface area is 84.9 Å². The fraction of sp³-hybridized carbons (Fsp3) is 0.909. The molecule has 0 aromatic rings. The molecule has 0 heterocycles.